The SMILES string of the molecule is CC(C)=CCC/C(C)=C/CC(C=O)C=O. The Labute approximate surface area is 92.1 Å². The van der Waals surface area contributed by atoms with E-state index in [4.69, 9.17) is 0 Å². The van der Waals surface area contributed by atoms with Crippen molar-refractivity contribution >= 4 is 12.6 Å². The van der Waals surface area contributed by atoms with Crippen LogP contribution in [0.15, 0.2) is 23.3 Å². The largest absolute Gasteiger partial charge is 0.303 e. The summed E-state index contributed by atoms with van der Waals surface area (Å²) in [5.74, 6) is -0.469. The number of allylic oxidation sites excluding steroid dienone is 4. The van der Waals surface area contributed by atoms with E-state index in [0.717, 1.165) is 12.8 Å². The summed E-state index contributed by atoms with van der Waals surface area (Å²) in [5, 5.41) is 0. The van der Waals surface area contributed by atoms with Crippen LogP contribution >= 0.6 is 0 Å². The van der Waals surface area contributed by atoms with Gasteiger partial charge in [0.15, 0.2) is 0 Å². The van der Waals surface area contributed by atoms with Crippen LogP contribution in [0, 0.1) is 5.92 Å². The summed E-state index contributed by atoms with van der Waals surface area (Å²) in [6.07, 6.45) is 8.13. The van der Waals surface area contributed by atoms with Gasteiger partial charge in [0.2, 0.25) is 0 Å². The van der Waals surface area contributed by atoms with E-state index in [1.807, 2.05) is 13.0 Å². The minimum Gasteiger partial charge on any atom is -0.303 e. The molecule has 84 valence electrons. The van der Waals surface area contributed by atoms with Crippen LogP contribution in [0.4, 0.5) is 0 Å². The molecule has 0 unspecified atom stereocenters. The minimum absolute atomic E-state index is 0.469. The van der Waals surface area contributed by atoms with E-state index in [0.29, 0.717) is 19.0 Å². The summed E-state index contributed by atoms with van der Waals surface area (Å²) in [6.45, 7) is 6.19. The Hall–Kier alpha value is -1.18. The lowest BCUT2D eigenvalue weighted by atomic mass is 10.0. The lowest BCUT2D eigenvalue weighted by Crippen LogP contribution is -2.01. The lowest BCUT2D eigenvalue weighted by Gasteiger charge is -2.00. The normalized spacial score (nSPS) is 11.3. The van der Waals surface area contributed by atoms with Crippen LogP contribution < -0.4 is 0 Å². The fourth-order valence-corrected chi connectivity index (χ4v) is 1.17. The third kappa shape index (κ3) is 7.86. The van der Waals surface area contributed by atoms with Gasteiger partial charge in [0.05, 0.1) is 5.92 Å². The molecule has 0 aromatic rings. The van der Waals surface area contributed by atoms with Gasteiger partial charge in [-0.15, -0.1) is 0 Å². The van der Waals surface area contributed by atoms with Crippen molar-refractivity contribution in [2.24, 2.45) is 5.92 Å². The number of carbonyl (C=O) groups is 2. The molecule has 0 atom stereocenters. The van der Waals surface area contributed by atoms with Crippen LogP contribution in [-0.4, -0.2) is 12.6 Å². The molecule has 0 aromatic heterocycles. The number of aldehydes is 2. The molecular weight excluding hydrogens is 188 g/mol. The quantitative estimate of drug-likeness (QED) is 0.366. The molecule has 0 aliphatic carbocycles. The zero-order valence-electron chi connectivity index (χ0n) is 9.82. The molecular formula is C13H20O2. The van der Waals surface area contributed by atoms with Gasteiger partial charge in [0, 0.05) is 0 Å². The molecule has 0 amide bonds. The molecule has 0 spiro atoms. The molecule has 2 heteroatoms. The van der Waals surface area contributed by atoms with E-state index in [-0.39, 0.29) is 0 Å². The molecule has 2 nitrogen and oxygen atoms in total. The van der Waals surface area contributed by atoms with E-state index in [1.54, 1.807) is 0 Å². The maximum Gasteiger partial charge on any atom is 0.130 e. The van der Waals surface area contributed by atoms with Gasteiger partial charge in [-0.1, -0.05) is 23.3 Å². The van der Waals surface area contributed by atoms with E-state index < -0.39 is 5.92 Å². The van der Waals surface area contributed by atoms with Crippen molar-refractivity contribution in [1.29, 1.82) is 0 Å². The molecule has 0 saturated heterocycles. The molecule has 0 rings (SSSR count). The van der Waals surface area contributed by atoms with E-state index >= 15 is 0 Å². The Morgan fingerprint density at radius 2 is 1.67 bits per heavy atom. The summed E-state index contributed by atoms with van der Waals surface area (Å²) < 4.78 is 0. The van der Waals surface area contributed by atoms with Crippen LogP contribution in [0.25, 0.3) is 0 Å². The summed E-state index contributed by atoms with van der Waals surface area (Å²) in [4.78, 5) is 20.8. The average molecular weight is 208 g/mol. The van der Waals surface area contributed by atoms with Crippen LogP contribution in [0.1, 0.15) is 40.0 Å². The topological polar surface area (TPSA) is 34.1 Å². The highest BCUT2D eigenvalue weighted by Crippen LogP contribution is 2.09. The predicted molar refractivity (Wildman–Crippen MR) is 62.7 cm³/mol. The van der Waals surface area contributed by atoms with Gasteiger partial charge in [-0.05, 0) is 40.0 Å². The van der Waals surface area contributed by atoms with Crippen molar-refractivity contribution in [3.8, 4) is 0 Å². The summed E-state index contributed by atoms with van der Waals surface area (Å²) in [6, 6.07) is 0. The van der Waals surface area contributed by atoms with Crippen molar-refractivity contribution in [3.05, 3.63) is 23.3 Å². The van der Waals surface area contributed by atoms with Crippen molar-refractivity contribution in [2.75, 3.05) is 0 Å². The zero-order chi connectivity index (χ0) is 11.7. The van der Waals surface area contributed by atoms with Gasteiger partial charge in [-0.3, -0.25) is 0 Å². The predicted octanol–water partition coefficient (Wildman–Crippen LogP) is 3.08. The van der Waals surface area contributed by atoms with E-state index in [1.165, 1.54) is 11.1 Å². The second kappa shape index (κ2) is 8.16. The van der Waals surface area contributed by atoms with E-state index in [2.05, 4.69) is 19.9 Å². The molecule has 0 aromatic carbocycles. The number of rotatable bonds is 7. The van der Waals surface area contributed by atoms with Gasteiger partial charge in [0.25, 0.3) is 0 Å². The van der Waals surface area contributed by atoms with Gasteiger partial charge < -0.3 is 9.59 Å². The van der Waals surface area contributed by atoms with Crippen molar-refractivity contribution in [2.45, 2.75) is 40.0 Å². The van der Waals surface area contributed by atoms with Gasteiger partial charge in [-0.25, -0.2) is 0 Å². The third-order valence-corrected chi connectivity index (χ3v) is 2.18. The highest BCUT2D eigenvalue weighted by atomic mass is 16.1. The fourth-order valence-electron chi connectivity index (χ4n) is 1.17. The Bertz CT molecular complexity index is 250. The molecule has 0 heterocycles. The Morgan fingerprint density at radius 1 is 1.07 bits per heavy atom. The molecule has 0 fully saturated rings. The van der Waals surface area contributed by atoms with Gasteiger partial charge >= 0.3 is 0 Å². The van der Waals surface area contributed by atoms with Gasteiger partial charge in [0.1, 0.15) is 12.6 Å². The average Bonchev–Trinajstić information content (AvgIpc) is 2.18. The maximum absolute atomic E-state index is 10.4. The fraction of sp³-hybridized carbons (Fsp3) is 0.538. The zero-order valence-corrected chi connectivity index (χ0v) is 9.82. The standard InChI is InChI=1S/C13H20O2/c1-11(2)5-4-6-12(3)7-8-13(9-14)10-15/h5,7,9-10,13H,4,6,8H2,1-3H3/b12-7+. The Morgan fingerprint density at radius 3 is 2.13 bits per heavy atom. The Kier molecular flexibility index (Phi) is 7.51. The highest BCUT2D eigenvalue weighted by molar-refractivity contribution is 5.77. The summed E-state index contributed by atoms with van der Waals surface area (Å²) in [5.41, 5.74) is 2.56. The first-order chi connectivity index (χ1) is 7.10. The lowest BCUT2D eigenvalue weighted by molar-refractivity contribution is -0.119. The number of hydrogen-bond acceptors (Lipinski definition) is 2. The summed E-state index contributed by atoms with van der Waals surface area (Å²) in [7, 11) is 0. The molecule has 0 aliphatic heterocycles. The second-order valence-electron chi connectivity index (χ2n) is 4.04. The molecule has 15 heavy (non-hydrogen) atoms. The first-order valence-corrected chi connectivity index (χ1v) is 5.29. The smallest absolute Gasteiger partial charge is 0.130 e. The monoisotopic (exact) mass is 208 g/mol. The third-order valence-electron chi connectivity index (χ3n) is 2.18. The van der Waals surface area contributed by atoms with Crippen LogP contribution in [0.5, 0.6) is 0 Å². The van der Waals surface area contributed by atoms with Crippen LogP contribution in [0.2, 0.25) is 0 Å². The number of hydrogen-bond donors (Lipinski definition) is 0. The molecule has 0 radical (unpaired) electrons. The second-order valence-corrected chi connectivity index (χ2v) is 4.04. The molecule has 0 N–H and O–H groups in total. The number of carbonyl (C=O) groups excluding carboxylic acids is 2. The highest BCUT2D eigenvalue weighted by Gasteiger charge is 2.02. The minimum atomic E-state index is -0.469. The molecule has 0 bridgehead atoms. The first-order valence-electron chi connectivity index (χ1n) is 5.29. The molecule has 0 saturated carbocycles. The van der Waals surface area contributed by atoms with Crippen molar-refractivity contribution in [1.82, 2.24) is 0 Å². The van der Waals surface area contributed by atoms with E-state index in [9.17, 15) is 9.59 Å². The van der Waals surface area contributed by atoms with Gasteiger partial charge in [-0.2, -0.15) is 0 Å². The van der Waals surface area contributed by atoms with Crippen molar-refractivity contribution in [3.63, 3.8) is 0 Å². The first kappa shape index (κ1) is 13.8. The van der Waals surface area contributed by atoms with Crippen LogP contribution in [-0.2, 0) is 9.59 Å². The Balaban J connectivity index is 3.93. The maximum atomic E-state index is 10.4. The van der Waals surface area contributed by atoms with Crippen molar-refractivity contribution < 1.29 is 9.59 Å². The summed E-state index contributed by atoms with van der Waals surface area (Å²) >= 11 is 0. The van der Waals surface area contributed by atoms with Crippen LogP contribution in [0.3, 0.4) is 0 Å². The molecule has 0 aliphatic rings.